The zero-order chi connectivity index (χ0) is 14.5. The number of carbonyl (C=O) groups is 1. The van der Waals surface area contributed by atoms with Crippen molar-refractivity contribution < 1.29 is 9.53 Å². The summed E-state index contributed by atoms with van der Waals surface area (Å²) in [6.45, 7) is 4.05. The zero-order valence-corrected chi connectivity index (χ0v) is 11.8. The molecule has 1 amide bonds. The second kappa shape index (κ2) is 6.06. The maximum atomic E-state index is 10.9. The highest BCUT2D eigenvalue weighted by molar-refractivity contribution is 5.83. The first-order chi connectivity index (χ1) is 9.63. The third-order valence-electron chi connectivity index (χ3n) is 3.03. The van der Waals surface area contributed by atoms with E-state index in [1.54, 1.807) is 6.21 Å². The Morgan fingerprint density at radius 3 is 2.65 bits per heavy atom. The summed E-state index contributed by atoms with van der Waals surface area (Å²) >= 11 is 0. The van der Waals surface area contributed by atoms with Gasteiger partial charge in [0.05, 0.1) is 13.3 Å². The highest BCUT2D eigenvalue weighted by atomic mass is 16.5. The lowest BCUT2D eigenvalue weighted by molar-refractivity contribution is 0.171. The molecule has 1 N–H and O–H groups in total. The largest absolute Gasteiger partial charge is 0.452 e. The third kappa shape index (κ3) is 2.88. The number of ether oxygens (including phenoxy) is 1. The van der Waals surface area contributed by atoms with E-state index in [-0.39, 0.29) is 0 Å². The number of aromatic nitrogens is 1. The van der Waals surface area contributed by atoms with Crippen LogP contribution >= 0.6 is 0 Å². The van der Waals surface area contributed by atoms with Crippen molar-refractivity contribution in [2.24, 2.45) is 5.10 Å². The molecule has 0 radical (unpaired) electrons. The van der Waals surface area contributed by atoms with E-state index in [1.165, 1.54) is 7.11 Å². The van der Waals surface area contributed by atoms with Crippen LogP contribution in [0.15, 0.2) is 41.5 Å². The predicted octanol–water partition coefficient (Wildman–Crippen LogP) is 2.78. The monoisotopic (exact) mass is 271 g/mol. The van der Waals surface area contributed by atoms with Crippen LogP contribution in [-0.4, -0.2) is 24.0 Å². The average molecular weight is 271 g/mol. The van der Waals surface area contributed by atoms with Crippen molar-refractivity contribution in [2.45, 2.75) is 13.8 Å². The first kappa shape index (κ1) is 13.9. The minimum Gasteiger partial charge on any atom is -0.452 e. The number of para-hydroxylation sites is 1. The Kier molecular flexibility index (Phi) is 4.20. The van der Waals surface area contributed by atoms with Crippen LogP contribution in [0.3, 0.4) is 0 Å². The number of hydrogen-bond donors (Lipinski definition) is 1. The number of nitrogens with zero attached hydrogens (tertiary/aromatic N) is 2. The van der Waals surface area contributed by atoms with Gasteiger partial charge in [0.2, 0.25) is 0 Å². The summed E-state index contributed by atoms with van der Waals surface area (Å²) in [6.07, 6.45) is 1.02. The molecule has 5 heteroatoms. The van der Waals surface area contributed by atoms with Gasteiger partial charge in [0, 0.05) is 22.6 Å². The number of methoxy groups -OCH3 is 1. The number of carbonyl (C=O) groups excluding carboxylic acids is 1. The number of hydrogen-bond acceptors (Lipinski definition) is 3. The SMILES string of the molecule is COC(=O)N/N=C\c1cc(C)n(-c2ccccc2)c1C. The van der Waals surface area contributed by atoms with Gasteiger partial charge in [-0.3, -0.25) is 0 Å². The highest BCUT2D eigenvalue weighted by Crippen LogP contribution is 2.19. The topological polar surface area (TPSA) is 55.6 Å². The first-order valence-corrected chi connectivity index (χ1v) is 6.25. The quantitative estimate of drug-likeness (QED) is 0.689. The van der Waals surface area contributed by atoms with Crippen molar-refractivity contribution in [2.75, 3.05) is 7.11 Å². The molecule has 2 rings (SSSR count). The molecule has 2 aromatic rings. The lowest BCUT2D eigenvalue weighted by Gasteiger charge is -2.08. The number of amides is 1. The normalized spacial score (nSPS) is 10.8. The predicted molar refractivity (Wildman–Crippen MR) is 78.4 cm³/mol. The van der Waals surface area contributed by atoms with E-state index in [0.29, 0.717) is 0 Å². The summed E-state index contributed by atoms with van der Waals surface area (Å²) in [7, 11) is 1.30. The summed E-state index contributed by atoms with van der Waals surface area (Å²) in [6, 6.07) is 12.1. The molecule has 0 aliphatic rings. The van der Waals surface area contributed by atoms with Crippen molar-refractivity contribution >= 4 is 12.3 Å². The molecule has 0 saturated carbocycles. The van der Waals surface area contributed by atoms with Crippen LogP contribution in [-0.2, 0) is 4.74 Å². The van der Waals surface area contributed by atoms with E-state index in [4.69, 9.17) is 0 Å². The standard InChI is InChI=1S/C15H17N3O2/c1-11-9-13(10-16-17-15(19)20-3)12(2)18(11)14-7-5-4-6-8-14/h4-10H,1-3H3,(H,17,19)/b16-10-. The van der Waals surface area contributed by atoms with Gasteiger partial charge in [-0.25, -0.2) is 10.2 Å². The van der Waals surface area contributed by atoms with Gasteiger partial charge in [-0.15, -0.1) is 0 Å². The van der Waals surface area contributed by atoms with Gasteiger partial charge in [0.15, 0.2) is 0 Å². The smallest absolute Gasteiger partial charge is 0.427 e. The Morgan fingerprint density at radius 2 is 2.00 bits per heavy atom. The van der Waals surface area contributed by atoms with Crippen molar-refractivity contribution in [1.29, 1.82) is 0 Å². The molecule has 0 saturated heterocycles. The maximum absolute atomic E-state index is 10.9. The maximum Gasteiger partial charge on any atom is 0.427 e. The molecule has 1 aromatic heterocycles. The molecule has 0 bridgehead atoms. The highest BCUT2D eigenvalue weighted by Gasteiger charge is 2.08. The molecule has 1 aromatic carbocycles. The van der Waals surface area contributed by atoms with Gasteiger partial charge in [-0.1, -0.05) is 18.2 Å². The minimum absolute atomic E-state index is 0.585. The molecule has 1 heterocycles. The number of rotatable bonds is 3. The Morgan fingerprint density at radius 1 is 1.30 bits per heavy atom. The lowest BCUT2D eigenvalue weighted by atomic mass is 10.2. The van der Waals surface area contributed by atoms with E-state index in [2.05, 4.69) is 19.8 Å². The fourth-order valence-corrected chi connectivity index (χ4v) is 2.09. The van der Waals surface area contributed by atoms with Gasteiger partial charge in [0.25, 0.3) is 0 Å². The van der Waals surface area contributed by atoms with Crippen molar-refractivity contribution in [3.8, 4) is 5.69 Å². The summed E-state index contributed by atoms with van der Waals surface area (Å²) in [4.78, 5) is 10.9. The van der Waals surface area contributed by atoms with E-state index >= 15 is 0 Å². The molecular formula is C15H17N3O2. The molecule has 104 valence electrons. The first-order valence-electron chi connectivity index (χ1n) is 6.25. The number of nitrogens with one attached hydrogen (secondary N) is 1. The van der Waals surface area contributed by atoms with Crippen molar-refractivity contribution in [1.82, 2.24) is 9.99 Å². The Balaban J connectivity index is 2.28. The number of hydrazone groups is 1. The molecule has 0 aliphatic carbocycles. The fourth-order valence-electron chi connectivity index (χ4n) is 2.09. The lowest BCUT2D eigenvalue weighted by Crippen LogP contribution is -2.16. The van der Waals surface area contributed by atoms with Crippen LogP contribution in [0.4, 0.5) is 4.79 Å². The van der Waals surface area contributed by atoms with Crippen LogP contribution in [0.25, 0.3) is 5.69 Å². The van der Waals surface area contributed by atoms with Crippen molar-refractivity contribution in [3.63, 3.8) is 0 Å². The Hall–Kier alpha value is -2.56. The minimum atomic E-state index is -0.585. The second-order valence-electron chi connectivity index (χ2n) is 4.36. The third-order valence-corrected chi connectivity index (χ3v) is 3.03. The van der Waals surface area contributed by atoms with Crippen LogP contribution < -0.4 is 5.43 Å². The van der Waals surface area contributed by atoms with Gasteiger partial charge >= 0.3 is 6.09 Å². The molecule has 0 atom stereocenters. The zero-order valence-electron chi connectivity index (χ0n) is 11.8. The number of benzene rings is 1. The van der Waals surface area contributed by atoms with Crippen LogP contribution in [0.1, 0.15) is 17.0 Å². The fraction of sp³-hybridized carbons (Fsp3) is 0.200. The van der Waals surface area contributed by atoms with Crippen LogP contribution in [0, 0.1) is 13.8 Å². The van der Waals surface area contributed by atoms with E-state index < -0.39 is 6.09 Å². The van der Waals surface area contributed by atoms with Gasteiger partial charge in [0.1, 0.15) is 0 Å². The van der Waals surface area contributed by atoms with Crippen LogP contribution in [0.5, 0.6) is 0 Å². The van der Waals surface area contributed by atoms with E-state index in [9.17, 15) is 4.79 Å². The number of aryl methyl sites for hydroxylation is 1. The van der Waals surface area contributed by atoms with E-state index in [1.807, 2.05) is 50.2 Å². The Labute approximate surface area is 117 Å². The molecule has 0 fully saturated rings. The van der Waals surface area contributed by atoms with Gasteiger partial charge in [-0.2, -0.15) is 5.10 Å². The summed E-state index contributed by atoms with van der Waals surface area (Å²) in [5.74, 6) is 0. The molecular weight excluding hydrogens is 254 g/mol. The molecule has 0 spiro atoms. The summed E-state index contributed by atoms with van der Waals surface area (Å²) in [5.41, 5.74) is 6.49. The van der Waals surface area contributed by atoms with Crippen LogP contribution in [0.2, 0.25) is 0 Å². The summed E-state index contributed by atoms with van der Waals surface area (Å²) in [5, 5.41) is 3.86. The summed E-state index contributed by atoms with van der Waals surface area (Å²) < 4.78 is 6.59. The van der Waals surface area contributed by atoms with E-state index in [0.717, 1.165) is 22.6 Å². The molecule has 0 unspecified atom stereocenters. The molecule has 5 nitrogen and oxygen atoms in total. The molecule has 20 heavy (non-hydrogen) atoms. The second-order valence-corrected chi connectivity index (χ2v) is 4.36. The van der Waals surface area contributed by atoms with Gasteiger partial charge < -0.3 is 9.30 Å². The van der Waals surface area contributed by atoms with Gasteiger partial charge in [-0.05, 0) is 32.0 Å². The van der Waals surface area contributed by atoms with Crippen molar-refractivity contribution in [3.05, 3.63) is 53.3 Å². The Bertz CT molecular complexity index is 630. The molecule has 0 aliphatic heterocycles. The average Bonchev–Trinajstić information content (AvgIpc) is 2.74.